The van der Waals surface area contributed by atoms with Gasteiger partial charge >= 0.3 is 0 Å². The van der Waals surface area contributed by atoms with E-state index in [1.54, 1.807) is 0 Å². The van der Waals surface area contributed by atoms with Gasteiger partial charge in [-0.25, -0.2) is 0 Å². The average molecular weight is 754 g/mol. The lowest BCUT2D eigenvalue weighted by Gasteiger charge is -2.05. The van der Waals surface area contributed by atoms with Crippen molar-refractivity contribution < 1.29 is 0 Å². The van der Waals surface area contributed by atoms with Crippen LogP contribution in [0.3, 0.4) is 0 Å². The summed E-state index contributed by atoms with van der Waals surface area (Å²) in [6.07, 6.45) is 12.9. The summed E-state index contributed by atoms with van der Waals surface area (Å²) in [6.45, 7) is 0. The summed E-state index contributed by atoms with van der Waals surface area (Å²) in [5.41, 5.74) is 23.0. The summed E-state index contributed by atoms with van der Waals surface area (Å²) in [5.74, 6) is 0. The Kier molecular flexibility index (Phi) is 8.24. The minimum Gasteiger partial charge on any atom is -0.397 e. The molecular weight excluding hydrogens is 732 g/mol. The summed E-state index contributed by atoms with van der Waals surface area (Å²) in [7, 11) is 0. The number of anilines is 2. The number of allylic oxidation sites excluding steroid dienone is 4. The Hall–Kier alpha value is -2.64. The van der Waals surface area contributed by atoms with Gasteiger partial charge in [-0.15, -0.1) is 0 Å². The number of nitrogens with two attached hydrogens (primary N) is 2. The Balaban J connectivity index is 0.000000155. The molecule has 2 nitrogen and oxygen atoms in total. The molecule has 0 fully saturated rings. The first-order chi connectivity index (χ1) is 18.3. The van der Waals surface area contributed by atoms with Crippen molar-refractivity contribution in [3.63, 3.8) is 0 Å². The molecule has 0 bridgehead atoms. The lowest BCUT2D eigenvalue weighted by atomic mass is 10.0. The number of hydrogen-bond donors (Lipinski definition) is 2. The number of hydrogen-bond acceptors (Lipinski definition) is 2. The molecule has 188 valence electrons. The zero-order valence-corrected chi connectivity index (χ0v) is 26.4. The maximum Gasteiger partial charge on any atom is 0.0603 e. The Labute approximate surface area is 256 Å². The fourth-order valence-electron chi connectivity index (χ4n) is 4.33. The van der Waals surface area contributed by atoms with Crippen LogP contribution in [-0.2, 0) is 0 Å². The minimum atomic E-state index is 0.726. The number of nitrogen functional groups attached to an aromatic ring is 2. The number of fused-ring (bicyclic) bond motifs is 2. The van der Waals surface area contributed by atoms with Gasteiger partial charge in [0.2, 0.25) is 0 Å². The van der Waals surface area contributed by atoms with Crippen LogP contribution in [0.25, 0.3) is 35.5 Å². The fourth-order valence-corrected chi connectivity index (χ4v) is 6.78. The predicted octanol–water partition coefficient (Wildman–Crippen LogP) is 10.7. The van der Waals surface area contributed by atoms with Crippen LogP contribution in [0.1, 0.15) is 33.4 Å². The molecule has 2 aliphatic carbocycles. The van der Waals surface area contributed by atoms with E-state index in [1.807, 2.05) is 24.3 Å². The zero-order valence-electron chi connectivity index (χ0n) is 20.1. The van der Waals surface area contributed by atoms with E-state index in [0.29, 0.717) is 0 Å². The maximum atomic E-state index is 5.91. The first kappa shape index (κ1) is 26.9. The molecule has 0 saturated heterocycles. The maximum absolute atomic E-state index is 5.91. The molecule has 0 atom stereocenters. The smallest absolute Gasteiger partial charge is 0.0603 e. The summed E-state index contributed by atoms with van der Waals surface area (Å²) >= 11 is 13.9. The van der Waals surface area contributed by atoms with Gasteiger partial charge in [0.1, 0.15) is 0 Å². The quantitative estimate of drug-likeness (QED) is 0.200. The number of halogens is 4. The standard InChI is InChI=1S/2C16H11Br2N/c2*17-14-8-10(9-15(18)16(14)19)7-12-6-5-11-3-1-2-4-13(11)12/h2*1-9H,19H2. The van der Waals surface area contributed by atoms with Gasteiger partial charge < -0.3 is 11.5 Å². The third-order valence-corrected chi connectivity index (χ3v) is 8.90. The summed E-state index contributed by atoms with van der Waals surface area (Å²) in [5, 5.41) is 0. The summed E-state index contributed by atoms with van der Waals surface area (Å²) < 4.78 is 3.63. The van der Waals surface area contributed by atoms with E-state index in [1.165, 1.54) is 33.4 Å². The highest BCUT2D eigenvalue weighted by Crippen LogP contribution is 2.35. The topological polar surface area (TPSA) is 52.0 Å². The van der Waals surface area contributed by atoms with Crippen LogP contribution in [0.4, 0.5) is 11.4 Å². The van der Waals surface area contributed by atoms with Gasteiger partial charge in [0, 0.05) is 17.9 Å². The van der Waals surface area contributed by atoms with Crippen LogP contribution < -0.4 is 11.5 Å². The van der Waals surface area contributed by atoms with Crippen molar-refractivity contribution in [1.29, 1.82) is 0 Å². The van der Waals surface area contributed by atoms with Crippen LogP contribution in [0.5, 0.6) is 0 Å². The van der Waals surface area contributed by atoms with E-state index in [9.17, 15) is 0 Å². The van der Waals surface area contributed by atoms with Gasteiger partial charge in [0.05, 0.1) is 11.4 Å². The summed E-state index contributed by atoms with van der Waals surface area (Å²) in [4.78, 5) is 0. The number of benzene rings is 4. The van der Waals surface area contributed by atoms with Gasteiger partial charge in [-0.3, -0.25) is 0 Å². The van der Waals surface area contributed by atoms with Crippen molar-refractivity contribution >= 4 is 111 Å². The molecule has 0 saturated carbocycles. The molecule has 0 radical (unpaired) electrons. The van der Waals surface area contributed by atoms with Gasteiger partial charge in [0.25, 0.3) is 0 Å². The Morgan fingerprint density at radius 2 is 0.816 bits per heavy atom. The monoisotopic (exact) mass is 750 g/mol. The molecule has 38 heavy (non-hydrogen) atoms. The highest BCUT2D eigenvalue weighted by molar-refractivity contribution is 9.11. The third-order valence-electron chi connectivity index (χ3n) is 6.28. The van der Waals surface area contributed by atoms with E-state index >= 15 is 0 Å². The largest absolute Gasteiger partial charge is 0.397 e. The van der Waals surface area contributed by atoms with Crippen LogP contribution in [0.15, 0.2) is 103 Å². The molecule has 4 N–H and O–H groups in total. The second-order valence-electron chi connectivity index (χ2n) is 8.84. The van der Waals surface area contributed by atoms with Gasteiger partial charge in [-0.05, 0) is 145 Å². The highest BCUT2D eigenvalue weighted by Gasteiger charge is 2.11. The molecule has 0 aliphatic heterocycles. The molecular formula is C32H22Br4N2. The van der Waals surface area contributed by atoms with Crippen LogP contribution in [0.2, 0.25) is 0 Å². The van der Waals surface area contributed by atoms with Crippen LogP contribution in [0, 0.1) is 0 Å². The molecule has 0 amide bonds. The van der Waals surface area contributed by atoms with Crippen molar-refractivity contribution in [2.75, 3.05) is 11.5 Å². The SMILES string of the molecule is Nc1c(Br)cc(C=C2C=Cc3ccccc32)cc1Br.Nc1c(Br)cc(C=C2C=Cc3ccccc32)cc1Br. The van der Waals surface area contributed by atoms with Crippen molar-refractivity contribution in [3.8, 4) is 0 Å². The van der Waals surface area contributed by atoms with E-state index in [0.717, 1.165) is 40.4 Å². The second kappa shape index (κ2) is 11.6. The first-order valence-corrected chi connectivity index (χ1v) is 14.9. The first-order valence-electron chi connectivity index (χ1n) is 11.8. The van der Waals surface area contributed by atoms with Crippen molar-refractivity contribution in [2.24, 2.45) is 0 Å². The molecule has 6 heteroatoms. The Morgan fingerprint density at radius 1 is 0.474 bits per heavy atom. The average Bonchev–Trinajstić information content (AvgIpc) is 3.50. The second-order valence-corrected chi connectivity index (χ2v) is 12.3. The third kappa shape index (κ3) is 5.84. The van der Waals surface area contributed by atoms with Crippen molar-refractivity contribution in [2.45, 2.75) is 0 Å². The molecule has 2 aliphatic rings. The van der Waals surface area contributed by atoms with Crippen molar-refractivity contribution in [3.05, 3.63) is 136 Å². The zero-order chi connectivity index (χ0) is 26.8. The summed E-state index contributed by atoms with van der Waals surface area (Å²) in [6, 6.07) is 24.9. The predicted molar refractivity (Wildman–Crippen MR) is 179 cm³/mol. The van der Waals surface area contributed by atoms with Crippen molar-refractivity contribution in [1.82, 2.24) is 0 Å². The molecule has 0 heterocycles. The molecule has 0 unspecified atom stereocenters. The van der Waals surface area contributed by atoms with Gasteiger partial charge in [0.15, 0.2) is 0 Å². The molecule has 4 aromatic rings. The van der Waals surface area contributed by atoms with E-state index in [4.69, 9.17) is 11.5 Å². The van der Waals surface area contributed by atoms with Crippen LogP contribution in [-0.4, -0.2) is 0 Å². The Bertz CT molecular complexity index is 1510. The normalized spacial score (nSPS) is 14.9. The lowest BCUT2D eigenvalue weighted by molar-refractivity contribution is 1.55. The van der Waals surface area contributed by atoms with E-state index in [-0.39, 0.29) is 0 Å². The molecule has 0 spiro atoms. The van der Waals surface area contributed by atoms with E-state index < -0.39 is 0 Å². The minimum absolute atomic E-state index is 0.726. The van der Waals surface area contributed by atoms with Crippen LogP contribution >= 0.6 is 63.7 Å². The fraction of sp³-hybridized carbons (Fsp3) is 0. The lowest BCUT2D eigenvalue weighted by Crippen LogP contribution is -1.89. The molecule has 4 aromatic carbocycles. The van der Waals surface area contributed by atoms with Gasteiger partial charge in [-0.2, -0.15) is 0 Å². The highest BCUT2D eigenvalue weighted by atomic mass is 79.9. The van der Waals surface area contributed by atoms with Gasteiger partial charge in [-0.1, -0.05) is 72.8 Å². The Morgan fingerprint density at radius 3 is 1.18 bits per heavy atom. The number of rotatable bonds is 2. The molecule has 6 rings (SSSR count). The van der Waals surface area contributed by atoms with E-state index in [2.05, 4.69) is 149 Å². The molecule has 0 aromatic heterocycles.